The van der Waals surface area contributed by atoms with Crippen LogP contribution in [0.2, 0.25) is 0 Å². The zero-order valence-electron chi connectivity index (χ0n) is 11.7. The van der Waals surface area contributed by atoms with Gasteiger partial charge >= 0.3 is 0 Å². The van der Waals surface area contributed by atoms with Gasteiger partial charge in [0.05, 0.1) is 0 Å². The number of H-pyrrole nitrogens is 1. The molecule has 0 aliphatic carbocycles. The Kier molecular flexibility index (Phi) is 1.81. The molecule has 0 saturated heterocycles. The van der Waals surface area contributed by atoms with Gasteiger partial charge in [-0.2, -0.15) is 0 Å². The molecule has 0 spiro atoms. The molecule has 2 aromatic heterocycles. The van der Waals surface area contributed by atoms with E-state index < -0.39 is 0 Å². The minimum absolute atomic E-state index is 1.24. The summed E-state index contributed by atoms with van der Waals surface area (Å²) in [5.41, 5.74) is 2.48. The molecule has 0 aliphatic heterocycles. The van der Waals surface area contributed by atoms with Crippen molar-refractivity contribution in [2.45, 2.75) is 0 Å². The van der Waals surface area contributed by atoms with Gasteiger partial charge in [-0.25, -0.2) is 0 Å². The van der Waals surface area contributed by atoms with Crippen LogP contribution in [0.5, 0.6) is 0 Å². The quantitative estimate of drug-likeness (QED) is 0.317. The Balaban J connectivity index is 2.02. The molecular weight excluding hydrogens is 286 g/mol. The van der Waals surface area contributed by atoms with Crippen LogP contribution in [0, 0.1) is 0 Å². The number of fused-ring (bicyclic) bond motifs is 4. The highest BCUT2D eigenvalue weighted by Crippen LogP contribution is 2.43. The van der Waals surface area contributed by atoms with E-state index in [1.165, 1.54) is 52.8 Å². The van der Waals surface area contributed by atoms with E-state index in [1.54, 1.807) is 0 Å². The van der Waals surface area contributed by atoms with E-state index >= 15 is 0 Å². The molecule has 0 radical (unpaired) electrons. The van der Waals surface area contributed by atoms with Crippen LogP contribution in [0.1, 0.15) is 0 Å². The van der Waals surface area contributed by atoms with Gasteiger partial charge in [0, 0.05) is 47.4 Å². The summed E-state index contributed by atoms with van der Waals surface area (Å²) in [5, 5.41) is 8.16. The summed E-state index contributed by atoms with van der Waals surface area (Å²) >= 11 is 1.90. The van der Waals surface area contributed by atoms with Crippen molar-refractivity contribution in [2.75, 3.05) is 0 Å². The molecule has 0 atom stereocenters. The number of aromatic amines is 1. The average molecular weight is 297 g/mol. The lowest BCUT2D eigenvalue weighted by molar-refractivity contribution is 1.56. The molecular formula is C20H11NS. The van der Waals surface area contributed by atoms with Gasteiger partial charge in [-0.3, -0.25) is 0 Å². The predicted molar refractivity (Wildman–Crippen MR) is 97.4 cm³/mol. The Labute approximate surface area is 130 Å². The van der Waals surface area contributed by atoms with E-state index in [2.05, 4.69) is 65.6 Å². The van der Waals surface area contributed by atoms with Crippen LogP contribution in [0.25, 0.3) is 52.8 Å². The molecule has 0 amide bonds. The smallest absolute Gasteiger partial charge is 0.0478 e. The molecule has 0 aliphatic rings. The van der Waals surface area contributed by atoms with E-state index in [4.69, 9.17) is 0 Å². The number of rotatable bonds is 0. The molecule has 6 rings (SSSR count). The third-order valence-electron chi connectivity index (χ3n) is 4.75. The monoisotopic (exact) mass is 297 g/mol. The highest BCUT2D eigenvalue weighted by Gasteiger charge is 2.15. The van der Waals surface area contributed by atoms with Gasteiger partial charge in [0.1, 0.15) is 0 Å². The van der Waals surface area contributed by atoms with E-state index in [9.17, 15) is 0 Å². The Morgan fingerprint density at radius 1 is 0.682 bits per heavy atom. The molecule has 2 heterocycles. The Morgan fingerprint density at radius 2 is 1.64 bits per heavy atom. The van der Waals surface area contributed by atoms with Gasteiger partial charge in [0.25, 0.3) is 0 Å². The predicted octanol–water partition coefficient (Wildman–Crippen LogP) is 6.28. The van der Waals surface area contributed by atoms with E-state index in [0.29, 0.717) is 0 Å². The first-order valence-corrected chi connectivity index (χ1v) is 8.28. The van der Waals surface area contributed by atoms with Gasteiger partial charge < -0.3 is 4.98 Å². The first kappa shape index (κ1) is 11.0. The van der Waals surface area contributed by atoms with Gasteiger partial charge in [0.15, 0.2) is 0 Å². The maximum atomic E-state index is 3.61. The Bertz CT molecular complexity index is 1320. The second-order valence-electron chi connectivity index (χ2n) is 5.92. The SMILES string of the molecule is c1cc2ccc3c4sc5ccccc5c4cc4[nH]c(c1)c2c43. The molecule has 0 bridgehead atoms. The Hall–Kier alpha value is -2.58. The summed E-state index contributed by atoms with van der Waals surface area (Å²) in [7, 11) is 0. The van der Waals surface area contributed by atoms with Gasteiger partial charge in [-0.05, 0) is 23.6 Å². The third-order valence-corrected chi connectivity index (χ3v) is 5.97. The molecule has 1 N–H and O–H groups in total. The molecule has 0 saturated carbocycles. The highest BCUT2D eigenvalue weighted by molar-refractivity contribution is 7.26. The molecule has 2 heteroatoms. The highest BCUT2D eigenvalue weighted by atomic mass is 32.1. The molecule has 102 valence electrons. The largest absolute Gasteiger partial charge is 0.354 e. The lowest BCUT2D eigenvalue weighted by atomic mass is 10.00. The minimum Gasteiger partial charge on any atom is -0.354 e. The van der Waals surface area contributed by atoms with Crippen LogP contribution in [0.15, 0.2) is 60.7 Å². The second kappa shape index (κ2) is 3.60. The van der Waals surface area contributed by atoms with Crippen molar-refractivity contribution in [1.82, 2.24) is 4.98 Å². The fraction of sp³-hybridized carbons (Fsp3) is 0. The van der Waals surface area contributed by atoms with Crippen molar-refractivity contribution in [1.29, 1.82) is 0 Å². The minimum atomic E-state index is 1.24. The first-order chi connectivity index (χ1) is 10.9. The summed E-state index contributed by atoms with van der Waals surface area (Å²) in [5.74, 6) is 0. The summed E-state index contributed by atoms with van der Waals surface area (Å²) in [4.78, 5) is 3.61. The van der Waals surface area contributed by atoms with Crippen molar-refractivity contribution in [3.63, 3.8) is 0 Å². The fourth-order valence-electron chi connectivity index (χ4n) is 3.82. The summed E-state index contributed by atoms with van der Waals surface area (Å²) in [6.45, 7) is 0. The molecule has 4 aromatic carbocycles. The Morgan fingerprint density at radius 3 is 2.64 bits per heavy atom. The van der Waals surface area contributed by atoms with E-state index in [0.717, 1.165) is 0 Å². The van der Waals surface area contributed by atoms with Crippen molar-refractivity contribution in [3.8, 4) is 0 Å². The van der Waals surface area contributed by atoms with Crippen molar-refractivity contribution in [3.05, 3.63) is 60.7 Å². The van der Waals surface area contributed by atoms with Crippen molar-refractivity contribution in [2.24, 2.45) is 0 Å². The van der Waals surface area contributed by atoms with Crippen LogP contribution in [0.3, 0.4) is 0 Å². The van der Waals surface area contributed by atoms with Gasteiger partial charge in [-0.1, -0.05) is 42.5 Å². The zero-order valence-corrected chi connectivity index (χ0v) is 12.5. The average Bonchev–Trinajstić information content (AvgIpc) is 3.11. The number of benzene rings is 4. The maximum absolute atomic E-state index is 3.61. The fourth-order valence-corrected chi connectivity index (χ4v) is 5.03. The number of aromatic nitrogens is 1. The van der Waals surface area contributed by atoms with Crippen LogP contribution >= 0.6 is 11.3 Å². The molecule has 0 unspecified atom stereocenters. The lowest BCUT2D eigenvalue weighted by Gasteiger charge is -2.03. The number of hydrogen-bond acceptors (Lipinski definition) is 1. The standard InChI is InChI=1S/C20H11NS/c1-2-7-17-12(5-1)14-10-16-19-13(20(14)22-17)9-8-11-4-3-6-15(21-16)18(11)19/h1-10,21H. The summed E-state index contributed by atoms with van der Waals surface area (Å²) in [6.07, 6.45) is 0. The van der Waals surface area contributed by atoms with Gasteiger partial charge in [-0.15, -0.1) is 11.3 Å². The molecule has 6 aromatic rings. The van der Waals surface area contributed by atoms with Crippen LogP contribution in [0.4, 0.5) is 0 Å². The third kappa shape index (κ3) is 1.17. The van der Waals surface area contributed by atoms with Gasteiger partial charge in [0.2, 0.25) is 0 Å². The van der Waals surface area contributed by atoms with Crippen molar-refractivity contribution < 1.29 is 0 Å². The summed E-state index contributed by atoms with van der Waals surface area (Å²) < 4.78 is 2.77. The normalized spacial score (nSPS) is 12.5. The number of thiophene rings is 1. The van der Waals surface area contributed by atoms with Crippen LogP contribution in [-0.2, 0) is 0 Å². The van der Waals surface area contributed by atoms with Crippen LogP contribution < -0.4 is 0 Å². The van der Waals surface area contributed by atoms with Crippen LogP contribution in [-0.4, -0.2) is 4.98 Å². The van der Waals surface area contributed by atoms with Crippen molar-refractivity contribution >= 4 is 64.1 Å². The maximum Gasteiger partial charge on any atom is 0.0478 e. The molecule has 22 heavy (non-hydrogen) atoms. The second-order valence-corrected chi connectivity index (χ2v) is 6.97. The number of hydrogen-bond donors (Lipinski definition) is 1. The molecule has 0 fully saturated rings. The number of nitrogens with one attached hydrogen (secondary N) is 1. The topological polar surface area (TPSA) is 15.8 Å². The zero-order chi connectivity index (χ0) is 14.3. The first-order valence-electron chi connectivity index (χ1n) is 7.47. The molecule has 1 nitrogen and oxygen atoms in total. The van der Waals surface area contributed by atoms with E-state index in [1.807, 2.05) is 11.3 Å². The van der Waals surface area contributed by atoms with E-state index in [-0.39, 0.29) is 0 Å². The summed E-state index contributed by atoms with van der Waals surface area (Å²) in [6, 6.07) is 22.1. The lowest BCUT2D eigenvalue weighted by Crippen LogP contribution is -1.76.